The Morgan fingerprint density at radius 2 is 0.438 bits per heavy atom. The van der Waals surface area contributed by atoms with Gasteiger partial charge < -0.3 is 41.7 Å². The van der Waals surface area contributed by atoms with Crippen LogP contribution in [0.15, 0.2) is 194 Å². The maximum absolute atomic E-state index is 12.6. The summed E-state index contributed by atoms with van der Waals surface area (Å²) in [5.41, 5.74) is -1.58. The number of benzene rings is 8. The molecule has 8 aromatic carbocycles. The molecule has 0 fully saturated rings. The summed E-state index contributed by atoms with van der Waals surface area (Å²) in [5.74, 6) is -4.61. The van der Waals surface area contributed by atoms with Gasteiger partial charge in [0.2, 0.25) is 0 Å². The molecule has 0 unspecified atom stereocenters. The summed E-state index contributed by atoms with van der Waals surface area (Å²) in [6, 6.07) is 42.3. The number of aromatic carboxylic acids is 4. The molecule has 0 aliphatic heterocycles. The summed E-state index contributed by atoms with van der Waals surface area (Å²) in [5, 5.41) is 46.8. The third kappa shape index (κ3) is 18.1. The number of carbonyl (C=O) groups is 4. The normalized spacial score (nSPS) is 11.2. The molecular formula is C56H40F12N4O8. The zero-order valence-electron chi connectivity index (χ0n) is 40.4. The highest BCUT2D eigenvalue weighted by Gasteiger charge is 2.33. The highest BCUT2D eigenvalue weighted by molar-refractivity contribution is 5.97. The van der Waals surface area contributed by atoms with Crippen molar-refractivity contribution < 1.29 is 92.3 Å². The van der Waals surface area contributed by atoms with Crippen LogP contribution in [-0.2, 0) is 24.7 Å². The van der Waals surface area contributed by atoms with Gasteiger partial charge in [0.25, 0.3) is 0 Å². The van der Waals surface area contributed by atoms with E-state index in [4.69, 9.17) is 20.4 Å². The van der Waals surface area contributed by atoms with Gasteiger partial charge in [0, 0.05) is 22.7 Å². The molecule has 8 aromatic rings. The van der Waals surface area contributed by atoms with Gasteiger partial charge in [-0.1, -0.05) is 72.8 Å². The van der Waals surface area contributed by atoms with E-state index in [1.165, 1.54) is 97.1 Å². The van der Waals surface area contributed by atoms with Crippen molar-refractivity contribution in [2.75, 3.05) is 21.3 Å². The van der Waals surface area contributed by atoms with Crippen molar-refractivity contribution in [3.63, 3.8) is 0 Å². The summed E-state index contributed by atoms with van der Waals surface area (Å²) >= 11 is 0. The highest BCUT2D eigenvalue weighted by atomic mass is 19.4. The number of halogens is 12. The largest absolute Gasteiger partial charge is 0.478 e. The molecule has 0 spiro atoms. The number of rotatable bonds is 12. The Labute approximate surface area is 445 Å². The Bertz CT molecular complexity index is 3010. The van der Waals surface area contributed by atoms with Crippen LogP contribution in [-0.4, -0.2) is 44.3 Å². The molecule has 80 heavy (non-hydrogen) atoms. The van der Waals surface area contributed by atoms with Gasteiger partial charge in [0.05, 0.1) is 67.3 Å². The first-order valence-corrected chi connectivity index (χ1v) is 22.6. The van der Waals surface area contributed by atoms with E-state index in [0.29, 0.717) is 0 Å². The fraction of sp³-hybridized carbons (Fsp3) is 0.0714. The van der Waals surface area contributed by atoms with Crippen LogP contribution in [0, 0.1) is 0 Å². The van der Waals surface area contributed by atoms with E-state index in [2.05, 4.69) is 21.3 Å². The molecule has 0 aliphatic rings. The fourth-order valence-electron chi connectivity index (χ4n) is 6.83. The van der Waals surface area contributed by atoms with Crippen LogP contribution in [0.3, 0.4) is 0 Å². The number of carboxylic acid groups (broad SMARTS) is 4. The average molecular weight is 1120 g/mol. The van der Waals surface area contributed by atoms with Gasteiger partial charge in [-0.3, -0.25) is 0 Å². The fourth-order valence-corrected chi connectivity index (χ4v) is 6.83. The molecule has 8 rings (SSSR count). The second-order valence-corrected chi connectivity index (χ2v) is 16.2. The number of hydrogen-bond donors (Lipinski definition) is 8. The van der Waals surface area contributed by atoms with Crippen LogP contribution in [0.1, 0.15) is 63.7 Å². The van der Waals surface area contributed by atoms with Crippen LogP contribution >= 0.6 is 0 Å². The topological polar surface area (TPSA) is 197 Å². The minimum Gasteiger partial charge on any atom is -0.478 e. The van der Waals surface area contributed by atoms with Gasteiger partial charge in [0.1, 0.15) is 0 Å². The summed E-state index contributed by atoms with van der Waals surface area (Å²) in [7, 11) is 0. The van der Waals surface area contributed by atoms with Crippen molar-refractivity contribution in [2.45, 2.75) is 24.7 Å². The lowest BCUT2D eigenvalue weighted by atomic mass is 10.1. The Kier molecular flexibility index (Phi) is 20.1. The second kappa shape index (κ2) is 26.4. The maximum atomic E-state index is 12.6. The van der Waals surface area contributed by atoms with Crippen molar-refractivity contribution >= 4 is 69.4 Å². The van der Waals surface area contributed by atoms with Gasteiger partial charge in [-0.25, -0.2) is 19.2 Å². The third-order valence-corrected chi connectivity index (χ3v) is 10.5. The molecule has 12 nitrogen and oxygen atoms in total. The van der Waals surface area contributed by atoms with E-state index < -0.39 is 70.8 Å². The molecule has 24 heteroatoms. The van der Waals surface area contributed by atoms with E-state index in [0.717, 1.165) is 48.5 Å². The number of alkyl halides is 12. The quantitative estimate of drug-likeness (QED) is 0.0540. The molecule has 8 N–H and O–H groups in total. The first kappa shape index (κ1) is 60.9. The van der Waals surface area contributed by atoms with Crippen molar-refractivity contribution in [1.82, 2.24) is 0 Å². The van der Waals surface area contributed by atoms with Crippen molar-refractivity contribution in [2.24, 2.45) is 0 Å². The van der Waals surface area contributed by atoms with E-state index in [1.807, 2.05) is 0 Å². The number of hydrogen-bond acceptors (Lipinski definition) is 8. The van der Waals surface area contributed by atoms with Crippen LogP contribution in [0.4, 0.5) is 98.2 Å². The first-order valence-electron chi connectivity index (χ1n) is 22.6. The first-order chi connectivity index (χ1) is 37.5. The zero-order chi connectivity index (χ0) is 59.0. The summed E-state index contributed by atoms with van der Waals surface area (Å²) < 4.78 is 151. The average Bonchev–Trinajstić information content (AvgIpc) is 3.39. The Balaban J connectivity index is 0.000000196. The van der Waals surface area contributed by atoms with Crippen molar-refractivity contribution in [1.29, 1.82) is 0 Å². The van der Waals surface area contributed by atoms with Crippen LogP contribution in [0.2, 0.25) is 0 Å². The predicted octanol–water partition coefficient (Wildman–Crippen LogP) is 16.6. The van der Waals surface area contributed by atoms with Crippen LogP contribution < -0.4 is 21.3 Å². The lowest BCUT2D eigenvalue weighted by molar-refractivity contribution is -0.138. The highest BCUT2D eigenvalue weighted by Crippen LogP contribution is 2.36. The second-order valence-electron chi connectivity index (χ2n) is 16.2. The zero-order valence-corrected chi connectivity index (χ0v) is 40.4. The summed E-state index contributed by atoms with van der Waals surface area (Å²) in [6.07, 6.45) is -17.8. The SMILES string of the molecule is O=C(O)c1ccccc1Nc1cccc(C(F)(F)F)c1.O=C(O)c1ccccc1Nc1cccc(C(F)(F)F)c1.O=C(O)c1ccccc1Nc1cccc(C(F)(F)F)c1.O=C(O)c1ccccc1Nc1cccc(C(F)(F)F)c1. The van der Waals surface area contributed by atoms with Crippen molar-refractivity contribution in [3.05, 3.63) is 239 Å². The number of carboxylic acids is 4. The molecule has 0 heterocycles. The smallest absolute Gasteiger partial charge is 0.416 e. The predicted molar refractivity (Wildman–Crippen MR) is 273 cm³/mol. The Hall–Kier alpha value is -10.0. The van der Waals surface area contributed by atoms with E-state index >= 15 is 0 Å². The van der Waals surface area contributed by atoms with Crippen LogP contribution in [0.5, 0.6) is 0 Å². The minimum atomic E-state index is -4.44. The van der Waals surface area contributed by atoms with Gasteiger partial charge >= 0.3 is 48.6 Å². The molecule has 0 saturated heterocycles. The van der Waals surface area contributed by atoms with Gasteiger partial charge in [-0.05, 0) is 121 Å². The summed E-state index contributed by atoms with van der Waals surface area (Å²) in [6.45, 7) is 0. The molecule has 0 saturated carbocycles. The molecule has 0 aliphatic carbocycles. The monoisotopic (exact) mass is 1120 g/mol. The van der Waals surface area contributed by atoms with Crippen molar-refractivity contribution in [3.8, 4) is 0 Å². The van der Waals surface area contributed by atoms with E-state index in [1.54, 1.807) is 48.5 Å². The molecule has 416 valence electrons. The molecule has 0 atom stereocenters. The van der Waals surface area contributed by atoms with Gasteiger partial charge in [-0.15, -0.1) is 0 Å². The standard InChI is InChI=1S/4C14H10F3NO2/c4*15-14(16,17)9-4-3-5-10(8-9)18-12-7-2-1-6-11(12)13(19)20/h4*1-8,18H,(H,19,20). The number of nitrogens with one attached hydrogen (secondary N) is 4. The summed E-state index contributed by atoms with van der Waals surface area (Å²) in [4.78, 5) is 44.1. The third-order valence-electron chi connectivity index (χ3n) is 10.5. The molecule has 0 amide bonds. The van der Waals surface area contributed by atoms with Gasteiger partial charge in [-0.2, -0.15) is 52.7 Å². The molecular weight excluding hydrogens is 1080 g/mol. The number of para-hydroxylation sites is 4. The minimum absolute atomic E-state index is 0.00934. The lowest BCUT2D eigenvalue weighted by Gasteiger charge is -2.12. The van der Waals surface area contributed by atoms with E-state index in [-0.39, 0.29) is 67.8 Å². The lowest BCUT2D eigenvalue weighted by Crippen LogP contribution is -2.06. The van der Waals surface area contributed by atoms with Crippen LogP contribution in [0.25, 0.3) is 0 Å². The maximum Gasteiger partial charge on any atom is 0.416 e. The Morgan fingerprint density at radius 3 is 0.600 bits per heavy atom. The van der Waals surface area contributed by atoms with Gasteiger partial charge in [0.15, 0.2) is 0 Å². The molecule has 0 aromatic heterocycles. The van der Waals surface area contributed by atoms with E-state index in [9.17, 15) is 71.9 Å². The molecule has 0 bridgehead atoms. The number of anilines is 8. The molecule has 0 radical (unpaired) electrons. The Morgan fingerprint density at radius 1 is 0.263 bits per heavy atom.